The van der Waals surface area contributed by atoms with Crippen LogP contribution in [0.25, 0.3) is 0 Å². The quantitative estimate of drug-likeness (QED) is 0.793. The van der Waals surface area contributed by atoms with Crippen LogP contribution in [0, 0.1) is 11.6 Å². The Morgan fingerprint density at radius 2 is 1.86 bits per heavy atom. The van der Waals surface area contributed by atoms with Crippen molar-refractivity contribution in [1.82, 2.24) is 0 Å². The Balaban J connectivity index is 3.07. The summed E-state index contributed by atoms with van der Waals surface area (Å²) in [6.45, 7) is 1.25. The largest absolute Gasteiger partial charge is 0.491 e. The molecule has 0 unspecified atom stereocenters. The first-order valence-corrected chi connectivity index (χ1v) is 3.85. The van der Waals surface area contributed by atoms with Crippen LogP contribution in [0.5, 0.6) is 5.75 Å². The molecule has 76 valence electrons. The molecule has 1 rings (SSSR count). The Bertz CT molecular complexity index is 343. The van der Waals surface area contributed by atoms with Crippen LogP contribution < -0.4 is 10.1 Å². The van der Waals surface area contributed by atoms with Crippen molar-refractivity contribution in [1.29, 1.82) is 0 Å². The number of anilines is 1. The standard InChI is InChI=1S/C9H9F2NO2/c1-5(13)12-6-3-7(10)9(14-2)8(11)4-6/h3-4H,1-2H3,(H,12,13). The molecule has 0 aromatic heterocycles. The van der Waals surface area contributed by atoms with Gasteiger partial charge in [0, 0.05) is 24.7 Å². The van der Waals surface area contributed by atoms with Crippen molar-refractivity contribution in [3.8, 4) is 5.75 Å². The van der Waals surface area contributed by atoms with Crippen molar-refractivity contribution in [3.63, 3.8) is 0 Å². The second-order valence-electron chi connectivity index (χ2n) is 2.65. The van der Waals surface area contributed by atoms with Crippen molar-refractivity contribution in [2.45, 2.75) is 6.92 Å². The Hall–Kier alpha value is -1.65. The molecule has 5 heteroatoms. The van der Waals surface area contributed by atoms with E-state index in [9.17, 15) is 13.6 Å². The third-order valence-electron chi connectivity index (χ3n) is 1.52. The first-order valence-electron chi connectivity index (χ1n) is 3.85. The number of ether oxygens (including phenoxy) is 1. The number of nitrogens with one attached hydrogen (secondary N) is 1. The lowest BCUT2D eigenvalue weighted by atomic mass is 10.2. The molecule has 1 N–H and O–H groups in total. The monoisotopic (exact) mass is 201 g/mol. The molecule has 0 aliphatic heterocycles. The molecule has 1 aromatic carbocycles. The van der Waals surface area contributed by atoms with Crippen LogP contribution in [0.4, 0.5) is 14.5 Å². The fourth-order valence-corrected chi connectivity index (χ4v) is 1.03. The summed E-state index contributed by atoms with van der Waals surface area (Å²) in [6, 6.07) is 1.98. The molecule has 0 saturated carbocycles. The average molecular weight is 201 g/mol. The molecule has 0 fully saturated rings. The fourth-order valence-electron chi connectivity index (χ4n) is 1.03. The number of halogens is 2. The summed E-state index contributed by atoms with van der Waals surface area (Å²) in [6.07, 6.45) is 0. The van der Waals surface area contributed by atoms with Gasteiger partial charge in [-0.05, 0) is 0 Å². The molecular formula is C9H9F2NO2. The van der Waals surface area contributed by atoms with E-state index in [-0.39, 0.29) is 5.69 Å². The maximum Gasteiger partial charge on any atom is 0.221 e. The summed E-state index contributed by atoms with van der Waals surface area (Å²) in [7, 11) is 1.17. The zero-order chi connectivity index (χ0) is 10.7. The topological polar surface area (TPSA) is 38.3 Å². The number of carbonyl (C=O) groups excluding carboxylic acids is 1. The van der Waals surface area contributed by atoms with Crippen LogP contribution in [0.15, 0.2) is 12.1 Å². The first kappa shape index (κ1) is 10.4. The SMILES string of the molecule is COc1c(F)cc(NC(C)=O)cc1F. The molecule has 0 saturated heterocycles. The third kappa shape index (κ3) is 2.18. The maximum atomic E-state index is 13.0. The minimum Gasteiger partial charge on any atom is -0.491 e. The van der Waals surface area contributed by atoms with Gasteiger partial charge < -0.3 is 10.1 Å². The van der Waals surface area contributed by atoms with Gasteiger partial charge in [0.05, 0.1) is 7.11 Å². The van der Waals surface area contributed by atoms with E-state index in [0.29, 0.717) is 0 Å². The predicted molar refractivity (Wildman–Crippen MR) is 47.2 cm³/mol. The Kier molecular flexibility index (Phi) is 3.01. The van der Waals surface area contributed by atoms with Crippen LogP contribution in [-0.2, 0) is 4.79 Å². The van der Waals surface area contributed by atoms with Gasteiger partial charge in [0.2, 0.25) is 5.91 Å². The highest BCUT2D eigenvalue weighted by Crippen LogP contribution is 2.25. The van der Waals surface area contributed by atoms with Crippen molar-refractivity contribution < 1.29 is 18.3 Å². The van der Waals surface area contributed by atoms with E-state index in [2.05, 4.69) is 10.1 Å². The number of methoxy groups -OCH3 is 1. The molecule has 3 nitrogen and oxygen atoms in total. The van der Waals surface area contributed by atoms with Crippen molar-refractivity contribution in [2.75, 3.05) is 12.4 Å². The van der Waals surface area contributed by atoms with Crippen molar-refractivity contribution in [3.05, 3.63) is 23.8 Å². The first-order chi connectivity index (χ1) is 6.54. The minimum atomic E-state index is -0.851. The molecule has 1 amide bonds. The molecule has 0 atom stereocenters. The Morgan fingerprint density at radius 1 is 1.36 bits per heavy atom. The second kappa shape index (κ2) is 4.04. The van der Waals surface area contributed by atoms with Crippen LogP contribution in [-0.4, -0.2) is 13.0 Å². The van der Waals surface area contributed by atoms with Gasteiger partial charge in [0.25, 0.3) is 0 Å². The maximum absolute atomic E-state index is 13.0. The molecule has 14 heavy (non-hydrogen) atoms. The lowest BCUT2D eigenvalue weighted by Crippen LogP contribution is -2.07. The van der Waals surface area contributed by atoms with Crippen LogP contribution in [0.1, 0.15) is 6.92 Å². The summed E-state index contributed by atoms with van der Waals surface area (Å²) < 4.78 is 30.6. The number of hydrogen-bond acceptors (Lipinski definition) is 2. The zero-order valence-electron chi connectivity index (χ0n) is 7.73. The molecule has 0 radical (unpaired) electrons. The number of carbonyl (C=O) groups is 1. The lowest BCUT2D eigenvalue weighted by molar-refractivity contribution is -0.114. The summed E-state index contributed by atoms with van der Waals surface area (Å²) in [5, 5.41) is 2.26. The number of hydrogen-bond donors (Lipinski definition) is 1. The number of amides is 1. The zero-order valence-corrected chi connectivity index (χ0v) is 7.73. The molecule has 0 bridgehead atoms. The summed E-state index contributed by atoms with van der Waals surface area (Å²) in [4.78, 5) is 10.6. The lowest BCUT2D eigenvalue weighted by Gasteiger charge is -2.06. The van der Waals surface area contributed by atoms with Crippen molar-refractivity contribution in [2.24, 2.45) is 0 Å². The Morgan fingerprint density at radius 3 is 2.21 bits per heavy atom. The van der Waals surface area contributed by atoms with Crippen LogP contribution >= 0.6 is 0 Å². The highest BCUT2D eigenvalue weighted by Gasteiger charge is 2.11. The normalized spacial score (nSPS) is 9.71. The second-order valence-corrected chi connectivity index (χ2v) is 2.65. The molecule has 0 spiro atoms. The summed E-state index contributed by atoms with van der Waals surface area (Å²) >= 11 is 0. The molecular weight excluding hydrogens is 192 g/mol. The predicted octanol–water partition coefficient (Wildman–Crippen LogP) is 1.93. The van der Waals surface area contributed by atoms with E-state index in [1.807, 2.05) is 0 Å². The molecule has 0 aliphatic rings. The van der Waals surface area contributed by atoms with Gasteiger partial charge in [0.15, 0.2) is 17.4 Å². The van der Waals surface area contributed by atoms with E-state index < -0.39 is 23.3 Å². The highest BCUT2D eigenvalue weighted by atomic mass is 19.1. The van der Waals surface area contributed by atoms with E-state index in [0.717, 1.165) is 12.1 Å². The van der Waals surface area contributed by atoms with E-state index in [1.54, 1.807) is 0 Å². The Labute approximate surface area is 79.7 Å². The summed E-state index contributed by atoms with van der Waals surface area (Å²) in [5.41, 5.74) is 0.0632. The van der Waals surface area contributed by atoms with Gasteiger partial charge >= 0.3 is 0 Å². The van der Waals surface area contributed by atoms with Gasteiger partial charge in [0.1, 0.15) is 0 Å². The van der Waals surface area contributed by atoms with E-state index in [4.69, 9.17) is 0 Å². The fraction of sp³-hybridized carbons (Fsp3) is 0.222. The van der Waals surface area contributed by atoms with Crippen LogP contribution in [0.3, 0.4) is 0 Å². The number of benzene rings is 1. The van der Waals surface area contributed by atoms with E-state index in [1.165, 1.54) is 14.0 Å². The smallest absolute Gasteiger partial charge is 0.221 e. The average Bonchev–Trinajstić information content (AvgIpc) is 2.01. The molecule has 0 heterocycles. The molecule has 1 aromatic rings. The van der Waals surface area contributed by atoms with Gasteiger partial charge in [-0.15, -0.1) is 0 Å². The van der Waals surface area contributed by atoms with Gasteiger partial charge in [-0.25, -0.2) is 8.78 Å². The van der Waals surface area contributed by atoms with Gasteiger partial charge in [-0.2, -0.15) is 0 Å². The minimum absolute atomic E-state index is 0.0632. The third-order valence-corrected chi connectivity index (χ3v) is 1.52. The highest BCUT2D eigenvalue weighted by molar-refractivity contribution is 5.88. The van der Waals surface area contributed by atoms with Crippen molar-refractivity contribution >= 4 is 11.6 Å². The van der Waals surface area contributed by atoms with Gasteiger partial charge in [-0.3, -0.25) is 4.79 Å². The van der Waals surface area contributed by atoms with Gasteiger partial charge in [-0.1, -0.05) is 0 Å². The van der Waals surface area contributed by atoms with Crippen LogP contribution in [0.2, 0.25) is 0 Å². The number of rotatable bonds is 2. The molecule has 0 aliphatic carbocycles. The summed E-state index contributed by atoms with van der Waals surface area (Å²) in [5.74, 6) is -2.56. The van der Waals surface area contributed by atoms with E-state index >= 15 is 0 Å².